The summed E-state index contributed by atoms with van der Waals surface area (Å²) >= 11 is 0. The molecule has 0 bridgehead atoms. The quantitative estimate of drug-likeness (QED) is 0.407. The minimum absolute atomic E-state index is 0.0300. The number of fused-ring (bicyclic) bond motifs is 2. The van der Waals surface area contributed by atoms with Gasteiger partial charge in [0.05, 0.1) is 21.1 Å². The fourth-order valence-electron chi connectivity index (χ4n) is 6.21. The molecule has 2 heterocycles. The number of Topliss-reactive ketones (excluding diaryl/α,β-unsaturated/α-hetero) is 1. The van der Waals surface area contributed by atoms with Crippen molar-refractivity contribution in [2.24, 2.45) is 0 Å². The van der Waals surface area contributed by atoms with E-state index >= 15 is 0 Å². The van der Waals surface area contributed by atoms with Crippen molar-refractivity contribution in [3.8, 4) is 0 Å². The molecule has 37 heavy (non-hydrogen) atoms. The van der Waals surface area contributed by atoms with E-state index in [2.05, 4.69) is 0 Å². The van der Waals surface area contributed by atoms with E-state index in [-0.39, 0.29) is 26.7 Å². The van der Waals surface area contributed by atoms with Crippen LogP contribution in [0.2, 0.25) is 0 Å². The van der Waals surface area contributed by atoms with Crippen molar-refractivity contribution in [2.45, 2.75) is 93.8 Å². The van der Waals surface area contributed by atoms with Crippen LogP contribution in [-0.2, 0) is 35.2 Å². The maximum absolute atomic E-state index is 14.0. The summed E-state index contributed by atoms with van der Waals surface area (Å²) in [7, 11) is -7.60. The molecular weight excluding hydrogens is 512 g/mol. The molecule has 2 aromatic carbocycles. The van der Waals surface area contributed by atoms with Gasteiger partial charge in [-0.15, -0.1) is 0 Å². The number of sulfone groups is 2. The fourth-order valence-corrected chi connectivity index (χ4v) is 11.0. The van der Waals surface area contributed by atoms with Crippen LogP contribution in [0.15, 0.2) is 34.1 Å². The molecule has 0 N–H and O–H groups in total. The van der Waals surface area contributed by atoms with E-state index in [1.807, 2.05) is 13.8 Å². The summed E-state index contributed by atoms with van der Waals surface area (Å²) in [5.74, 6) is -1.22. The van der Waals surface area contributed by atoms with Gasteiger partial charge in [-0.05, 0) is 81.1 Å². The number of hydrogen-bond donors (Lipinski definition) is 0. The van der Waals surface area contributed by atoms with Gasteiger partial charge < -0.3 is 4.74 Å². The molecule has 4 rings (SSSR count). The van der Waals surface area contributed by atoms with E-state index in [9.17, 15) is 26.4 Å². The van der Waals surface area contributed by atoms with Crippen LogP contribution in [0.1, 0.15) is 91.4 Å². The van der Waals surface area contributed by atoms with Gasteiger partial charge in [0, 0.05) is 16.4 Å². The molecular formula is C28H34O7S2. The second-order valence-electron chi connectivity index (χ2n) is 12.4. The first-order valence-electron chi connectivity index (χ1n) is 12.2. The third-order valence-corrected chi connectivity index (χ3v) is 11.9. The molecule has 1 atom stereocenters. The van der Waals surface area contributed by atoms with Crippen molar-refractivity contribution in [3.63, 3.8) is 0 Å². The summed E-state index contributed by atoms with van der Waals surface area (Å²) in [5.41, 5.74) is -0.191. The van der Waals surface area contributed by atoms with Gasteiger partial charge in [0.2, 0.25) is 0 Å². The molecule has 0 saturated heterocycles. The Hall–Kier alpha value is -2.52. The van der Waals surface area contributed by atoms with E-state index in [1.165, 1.54) is 24.3 Å². The summed E-state index contributed by atoms with van der Waals surface area (Å²) in [6.07, 6.45) is 0. The van der Waals surface area contributed by atoms with Crippen molar-refractivity contribution in [1.29, 1.82) is 0 Å². The molecule has 2 aromatic rings. The molecule has 9 heteroatoms. The topological polar surface area (TPSA) is 112 Å². The summed E-state index contributed by atoms with van der Waals surface area (Å²) in [6.45, 7) is 15.6. The minimum atomic E-state index is -4.10. The molecule has 0 spiro atoms. The third-order valence-electron chi connectivity index (χ3n) is 7.46. The van der Waals surface area contributed by atoms with Crippen LogP contribution in [0, 0.1) is 13.8 Å². The predicted octanol–water partition coefficient (Wildman–Crippen LogP) is 4.64. The Bertz CT molecular complexity index is 1590. The van der Waals surface area contributed by atoms with Crippen LogP contribution in [0.3, 0.4) is 0 Å². The zero-order valence-electron chi connectivity index (χ0n) is 22.8. The van der Waals surface area contributed by atoms with Crippen LogP contribution in [0.4, 0.5) is 0 Å². The molecule has 0 radical (unpaired) electrons. The second-order valence-corrected chi connectivity index (χ2v) is 16.3. The lowest BCUT2D eigenvalue weighted by Crippen LogP contribution is -2.41. The van der Waals surface area contributed by atoms with Gasteiger partial charge in [0.25, 0.3) is 0 Å². The van der Waals surface area contributed by atoms with Gasteiger partial charge in [0.15, 0.2) is 25.5 Å². The number of esters is 1. The Morgan fingerprint density at radius 1 is 0.838 bits per heavy atom. The normalized spacial score (nSPS) is 22.2. The average molecular weight is 547 g/mol. The lowest BCUT2D eigenvalue weighted by atomic mass is 9.75. The van der Waals surface area contributed by atoms with Crippen LogP contribution in [0.5, 0.6) is 0 Å². The molecule has 2 aliphatic heterocycles. The Labute approximate surface area is 219 Å². The molecule has 0 aliphatic carbocycles. The highest BCUT2D eigenvalue weighted by Crippen LogP contribution is 2.49. The van der Waals surface area contributed by atoms with E-state index in [1.54, 1.807) is 48.5 Å². The Balaban J connectivity index is 1.87. The van der Waals surface area contributed by atoms with Gasteiger partial charge >= 0.3 is 5.97 Å². The van der Waals surface area contributed by atoms with E-state index in [0.29, 0.717) is 22.3 Å². The summed E-state index contributed by atoms with van der Waals surface area (Å²) < 4.78 is 58.6. The van der Waals surface area contributed by atoms with Crippen molar-refractivity contribution < 1.29 is 31.2 Å². The monoisotopic (exact) mass is 546 g/mol. The second kappa shape index (κ2) is 7.99. The van der Waals surface area contributed by atoms with Gasteiger partial charge in [-0.3, -0.25) is 4.79 Å². The first kappa shape index (κ1) is 27.5. The number of carbonyl (C=O) groups excluding carboxylic acids is 2. The van der Waals surface area contributed by atoms with E-state index in [0.717, 1.165) is 0 Å². The van der Waals surface area contributed by atoms with Crippen molar-refractivity contribution in [2.75, 3.05) is 5.75 Å². The molecule has 7 nitrogen and oxygen atoms in total. The highest BCUT2D eigenvalue weighted by atomic mass is 32.2. The Morgan fingerprint density at radius 2 is 1.35 bits per heavy atom. The van der Waals surface area contributed by atoms with E-state index in [4.69, 9.17) is 4.74 Å². The van der Waals surface area contributed by atoms with Crippen LogP contribution in [0.25, 0.3) is 0 Å². The van der Waals surface area contributed by atoms with Crippen LogP contribution < -0.4 is 0 Å². The molecule has 2 aliphatic rings. The largest absolute Gasteiger partial charge is 0.456 e. The molecule has 0 amide bonds. The molecule has 1 unspecified atom stereocenters. The summed E-state index contributed by atoms with van der Waals surface area (Å²) in [4.78, 5) is 27.1. The Morgan fingerprint density at radius 3 is 1.92 bits per heavy atom. The zero-order valence-corrected chi connectivity index (χ0v) is 24.4. The van der Waals surface area contributed by atoms with Crippen molar-refractivity contribution in [1.82, 2.24) is 0 Å². The number of ketones is 1. The number of rotatable bonds is 3. The maximum atomic E-state index is 14.0. The lowest BCUT2D eigenvalue weighted by Gasteiger charge is -2.28. The fraction of sp³-hybridized carbons (Fsp3) is 0.500. The summed E-state index contributed by atoms with van der Waals surface area (Å²) in [5, 5.41) is -1.43. The average Bonchev–Trinajstić information content (AvgIpc) is 2.99. The van der Waals surface area contributed by atoms with E-state index < -0.39 is 53.1 Å². The number of benzene rings is 2. The summed E-state index contributed by atoms with van der Waals surface area (Å²) in [6, 6.07) is 5.68. The SMILES string of the molecule is Cc1c(C(=O)C2C(C)(C)c3c(ccc(C(=O)OC(C)(C)C)c3C)S2(=O)=O)ccc2c1C(C)(C)CS2(=O)=O. The zero-order chi connectivity index (χ0) is 28.1. The van der Waals surface area contributed by atoms with Gasteiger partial charge in [-0.1, -0.05) is 27.7 Å². The first-order valence-corrected chi connectivity index (χ1v) is 15.4. The lowest BCUT2D eigenvalue weighted by molar-refractivity contribution is 0.00683. The standard InChI is InChI=1S/C28H34O7S2/c1-15-17(10-12-19-21(15)27(6,7)14-36(19,31)32)23(29)24-28(8,9)22-16(2)18(25(30)35-26(3,4)5)11-13-20(22)37(24,33)34/h10-13,24H,14H2,1-9H3. The van der Waals surface area contributed by atoms with Crippen LogP contribution in [-0.4, -0.2) is 45.2 Å². The third kappa shape index (κ3) is 4.05. The smallest absolute Gasteiger partial charge is 0.338 e. The Kier molecular flexibility index (Phi) is 5.94. The van der Waals surface area contributed by atoms with Gasteiger partial charge in [0.1, 0.15) is 10.9 Å². The molecule has 0 fully saturated rings. The molecule has 200 valence electrons. The van der Waals surface area contributed by atoms with Gasteiger partial charge in [-0.2, -0.15) is 0 Å². The van der Waals surface area contributed by atoms with Gasteiger partial charge in [-0.25, -0.2) is 21.6 Å². The first-order chi connectivity index (χ1) is 16.6. The highest BCUT2D eigenvalue weighted by molar-refractivity contribution is 7.93. The van der Waals surface area contributed by atoms with Crippen molar-refractivity contribution >= 4 is 31.4 Å². The minimum Gasteiger partial charge on any atom is -0.456 e. The van der Waals surface area contributed by atoms with Crippen molar-refractivity contribution in [3.05, 3.63) is 57.6 Å². The number of carbonyl (C=O) groups is 2. The predicted molar refractivity (Wildman–Crippen MR) is 141 cm³/mol. The number of hydrogen-bond acceptors (Lipinski definition) is 7. The van der Waals surface area contributed by atoms with Crippen LogP contribution >= 0.6 is 0 Å². The number of ether oxygens (including phenoxy) is 1. The molecule has 0 saturated carbocycles. The maximum Gasteiger partial charge on any atom is 0.338 e. The molecule has 0 aromatic heterocycles. The highest BCUT2D eigenvalue weighted by Gasteiger charge is 2.56.